The first-order valence-electron chi connectivity index (χ1n) is 11.9. The standard InChI is InChI=1S/C25H33ClN4O4/c1-19-13-20(2)30(27-19)16-24(32)29-8-4-7-25(17-29,15-23(31)28-9-11-33-12-10-28)18-34-22-6-3-5-21(26)14-22/h3,5-6,13-14H,4,7-12,15-18H2,1-2H3/t25-/m1/s1. The van der Waals surface area contributed by atoms with Crippen molar-refractivity contribution in [1.29, 1.82) is 0 Å². The van der Waals surface area contributed by atoms with E-state index in [4.69, 9.17) is 21.1 Å². The van der Waals surface area contributed by atoms with Gasteiger partial charge in [-0.05, 0) is 51.0 Å². The Hall–Kier alpha value is -2.58. The normalized spacial score (nSPS) is 20.9. The number of aromatic nitrogens is 2. The molecule has 8 nitrogen and oxygen atoms in total. The van der Waals surface area contributed by atoms with Gasteiger partial charge in [0.25, 0.3) is 0 Å². The van der Waals surface area contributed by atoms with Crippen LogP contribution in [0, 0.1) is 19.3 Å². The molecule has 2 fully saturated rings. The molecule has 1 aromatic carbocycles. The average Bonchev–Trinajstić information content (AvgIpc) is 3.15. The van der Waals surface area contributed by atoms with E-state index in [1.165, 1.54) is 0 Å². The van der Waals surface area contributed by atoms with Gasteiger partial charge in [-0.2, -0.15) is 5.10 Å². The summed E-state index contributed by atoms with van der Waals surface area (Å²) >= 11 is 6.13. The lowest BCUT2D eigenvalue weighted by Gasteiger charge is -2.43. The van der Waals surface area contributed by atoms with Gasteiger partial charge in [-0.15, -0.1) is 0 Å². The lowest BCUT2D eigenvalue weighted by atomic mass is 9.77. The minimum atomic E-state index is -0.472. The molecule has 2 aliphatic rings. The second kappa shape index (κ2) is 10.8. The third-order valence-electron chi connectivity index (χ3n) is 6.63. The first kappa shape index (κ1) is 24.5. The monoisotopic (exact) mass is 488 g/mol. The highest BCUT2D eigenvalue weighted by atomic mass is 35.5. The minimum Gasteiger partial charge on any atom is -0.493 e. The number of halogens is 1. The second-order valence-electron chi connectivity index (χ2n) is 9.42. The number of nitrogens with zero attached hydrogens (tertiary/aromatic N) is 4. The van der Waals surface area contributed by atoms with Gasteiger partial charge < -0.3 is 19.3 Å². The maximum absolute atomic E-state index is 13.2. The number of morpholine rings is 1. The van der Waals surface area contributed by atoms with Crippen LogP contribution in [0.3, 0.4) is 0 Å². The molecule has 0 spiro atoms. The third-order valence-corrected chi connectivity index (χ3v) is 6.87. The van der Waals surface area contributed by atoms with Crippen LogP contribution in [0.1, 0.15) is 30.7 Å². The number of piperidine rings is 1. The van der Waals surface area contributed by atoms with Gasteiger partial charge in [-0.25, -0.2) is 0 Å². The average molecular weight is 489 g/mol. The zero-order chi connectivity index (χ0) is 24.1. The summed E-state index contributed by atoms with van der Waals surface area (Å²) in [6, 6.07) is 9.24. The van der Waals surface area contributed by atoms with Crippen molar-refractivity contribution < 1.29 is 19.1 Å². The molecule has 0 radical (unpaired) electrons. The summed E-state index contributed by atoms with van der Waals surface area (Å²) in [5.41, 5.74) is 1.38. The molecule has 1 atom stereocenters. The number of carbonyl (C=O) groups is 2. The number of amides is 2. The molecule has 184 valence electrons. The fourth-order valence-corrected chi connectivity index (χ4v) is 5.02. The van der Waals surface area contributed by atoms with Crippen molar-refractivity contribution in [3.8, 4) is 5.75 Å². The molecule has 2 aromatic rings. The molecule has 9 heteroatoms. The van der Waals surface area contributed by atoms with Crippen LogP contribution < -0.4 is 4.74 Å². The van der Waals surface area contributed by atoms with Crippen molar-refractivity contribution in [2.24, 2.45) is 5.41 Å². The number of benzene rings is 1. The van der Waals surface area contributed by atoms with Gasteiger partial charge in [0.2, 0.25) is 11.8 Å². The molecule has 4 rings (SSSR count). The number of carbonyl (C=O) groups excluding carboxylic acids is 2. The van der Waals surface area contributed by atoms with E-state index in [2.05, 4.69) is 5.10 Å². The van der Waals surface area contributed by atoms with Gasteiger partial charge in [0.15, 0.2) is 0 Å². The van der Waals surface area contributed by atoms with E-state index in [1.807, 2.05) is 41.8 Å². The van der Waals surface area contributed by atoms with Gasteiger partial charge in [0.05, 0.1) is 25.5 Å². The molecular weight excluding hydrogens is 456 g/mol. The van der Waals surface area contributed by atoms with Crippen molar-refractivity contribution in [2.75, 3.05) is 46.0 Å². The highest BCUT2D eigenvalue weighted by Crippen LogP contribution is 2.36. The Morgan fingerprint density at radius 1 is 1.12 bits per heavy atom. The summed E-state index contributed by atoms with van der Waals surface area (Å²) in [5.74, 6) is 0.763. The molecule has 34 heavy (non-hydrogen) atoms. The zero-order valence-corrected chi connectivity index (χ0v) is 20.7. The highest BCUT2D eigenvalue weighted by molar-refractivity contribution is 6.30. The van der Waals surface area contributed by atoms with E-state index >= 15 is 0 Å². The van der Waals surface area contributed by atoms with E-state index in [-0.39, 0.29) is 18.4 Å². The molecule has 2 aliphatic heterocycles. The Balaban J connectivity index is 1.50. The highest BCUT2D eigenvalue weighted by Gasteiger charge is 2.41. The number of ether oxygens (including phenoxy) is 2. The molecule has 2 amide bonds. The lowest BCUT2D eigenvalue weighted by molar-refractivity contribution is -0.144. The summed E-state index contributed by atoms with van der Waals surface area (Å²) in [6.45, 7) is 7.88. The van der Waals surface area contributed by atoms with Crippen molar-refractivity contribution in [3.05, 3.63) is 46.7 Å². The smallest absolute Gasteiger partial charge is 0.244 e. The summed E-state index contributed by atoms with van der Waals surface area (Å²) in [7, 11) is 0. The van der Waals surface area contributed by atoms with Gasteiger partial charge in [0, 0.05) is 48.7 Å². The SMILES string of the molecule is Cc1cc(C)n(CC(=O)N2CCC[C@@](COc3cccc(Cl)c3)(CC(=O)N3CCOCC3)C2)n1. The number of hydrogen-bond donors (Lipinski definition) is 0. The Bertz CT molecular complexity index is 1020. The van der Waals surface area contributed by atoms with Crippen molar-refractivity contribution >= 4 is 23.4 Å². The van der Waals surface area contributed by atoms with Crippen LogP contribution in [0.2, 0.25) is 5.02 Å². The molecular formula is C25H33ClN4O4. The van der Waals surface area contributed by atoms with E-state index in [0.717, 1.165) is 24.2 Å². The van der Waals surface area contributed by atoms with Crippen molar-refractivity contribution in [3.63, 3.8) is 0 Å². The first-order chi connectivity index (χ1) is 16.3. The van der Waals surface area contributed by atoms with Gasteiger partial charge in [0.1, 0.15) is 12.3 Å². The largest absolute Gasteiger partial charge is 0.493 e. The van der Waals surface area contributed by atoms with Crippen LogP contribution in [0.15, 0.2) is 30.3 Å². The summed E-state index contributed by atoms with van der Waals surface area (Å²) in [4.78, 5) is 30.2. The summed E-state index contributed by atoms with van der Waals surface area (Å²) < 4.78 is 13.3. The third kappa shape index (κ3) is 6.10. The zero-order valence-electron chi connectivity index (χ0n) is 20.0. The molecule has 0 aliphatic carbocycles. The molecule has 3 heterocycles. The molecule has 1 aromatic heterocycles. The van der Waals surface area contributed by atoms with Crippen LogP contribution >= 0.6 is 11.6 Å². The molecule has 0 bridgehead atoms. The van der Waals surface area contributed by atoms with E-state index in [0.29, 0.717) is 63.2 Å². The summed E-state index contributed by atoms with van der Waals surface area (Å²) in [6.07, 6.45) is 1.96. The Morgan fingerprint density at radius 2 is 1.91 bits per heavy atom. The van der Waals surface area contributed by atoms with Crippen molar-refractivity contribution in [1.82, 2.24) is 19.6 Å². The molecule has 0 unspecified atom stereocenters. The lowest BCUT2D eigenvalue weighted by Crippen LogP contribution is -2.52. The van der Waals surface area contributed by atoms with Crippen LogP contribution in [0.4, 0.5) is 0 Å². The van der Waals surface area contributed by atoms with Gasteiger partial charge in [-0.1, -0.05) is 17.7 Å². The predicted molar refractivity (Wildman–Crippen MR) is 129 cm³/mol. The quantitative estimate of drug-likeness (QED) is 0.598. The van der Waals surface area contributed by atoms with Crippen LogP contribution in [-0.2, 0) is 20.9 Å². The van der Waals surface area contributed by atoms with Crippen LogP contribution in [0.25, 0.3) is 0 Å². The first-order valence-corrected chi connectivity index (χ1v) is 12.2. The number of rotatable bonds is 7. The van der Waals surface area contributed by atoms with Gasteiger partial charge in [-0.3, -0.25) is 14.3 Å². The second-order valence-corrected chi connectivity index (χ2v) is 9.86. The predicted octanol–water partition coefficient (Wildman–Crippen LogP) is 3.09. The Morgan fingerprint density at radius 3 is 2.62 bits per heavy atom. The topological polar surface area (TPSA) is 76.9 Å². The molecule has 2 saturated heterocycles. The van der Waals surface area contributed by atoms with Crippen LogP contribution in [0.5, 0.6) is 5.75 Å². The van der Waals surface area contributed by atoms with Gasteiger partial charge >= 0.3 is 0 Å². The fourth-order valence-electron chi connectivity index (χ4n) is 4.84. The molecule has 0 N–H and O–H groups in total. The minimum absolute atomic E-state index is 0.0110. The maximum atomic E-state index is 13.2. The maximum Gasteiger partial charge on any atom is 0.244 e. The summed E-state index contributed by atoms with van der Waals surface area (Å²) in [5, 5.41) is 5.03. The Kier molecular flexibility index (Phi) is 7.78. The van der Waals surface area contributed by atoms with E-state index < -0.39 is 5.41 Å². The van der Waals surface area contributed by atoms with E-state index in [9.17, 15) is 9.59 Å². The van der Waals surface area contributed by atoms with Crippen molar-refractivity contribution in [2.45, 2.75) is 39.7 Å². The molecule has 0 saturated carbocycles. The fraction of sp³-hybridized carbons (Fsp3) is 0.560. The number of likely N-dealkylation sites (tertiary alicyclic amines) is 1. The number of hydrogen-bond acceptors (Lipinski definition) is 5. The number of aryl methyl sites for hydroxylation is 2. The van der Waals surface area contributed by atoms with Crippen LogP contribution in [-0.4, -0.2) is 77.4 Å². The van der Waals surface area contributed by atoms with E-state index in [1.54, 1.807) is 16.8 Å². The Labute approximate surface area is 205 Å².